The predicted molar refractivity (Wildman–Crippen MR) is 120 cm³/mol. The molecule has 10 heteroatoms. The summed E-state index contributed by atoms with van der Waals surface area (Å²) in [6.07, 6.45) is 13.4. The summed E-state index contributed by atoms with van der Waals surface area (Å²) in [5.41, 5.74) is 6.03. The number of nitrogens with one attached hydrogen (secondary N) is 2. The second-order valence-electron chi connectivity index (χ2n) is 9.61. The SMILES string of the molecule is COC1=CC=CC(N)(C(=O)NC2(CCO)CC3(CNC(c4ncc5nccnc5n4)C3)C2)C1. The van der Waals surface area contributed by atoms with E-state index in [0.717, 1.165) is 25.8 Å². The molecule has 174 valence electrons. The molecule has 1 aliphatic heterocycles. The number of carbonyl (C=O) groups excluding carboxylic acids is 1. The van der Waals surface area contributed by atoms with Crippen molar-refractivity contribution in [3.8, 4) is 0 Å². The van der Waals surface area contributed by atoms with Crippen LogP contribution in [0.15, 0.2) is 42.6 Å². The van der Waals surface area contributed by atoms with E-state index in [9.17, 15) is 9.90 Å². The molecule has 2 unspecified atom stereocenters. The molecule has 5 N–H and O–H groups in total. The molecule has 1 saturated carbocycles. The summed E-state index contributed by atoms with van der Waals surface area (Å²) in [5, 5.41) is 16.4. The van der Waals surface area contributed by atoms with Crippen molar-refractivity contribution >= 4 is 17.1 Å². The number of nitrogens with zero attached hydrogens (tertiary/aromatic N) is 4. The van der Waals surface area contributed by atoms with Gasteiger partial charge in [-0.3, -0.25) is 4.79 Å². The van der Waals surface area contributed by atoms with Crippen LogP contribution in [0.25, 0.3) is 11.2 Å². The Hall–Kier alpha value is -2.95. The Morgan fingerprint density at radius 3 is 2.94 bits per heavy atom. The van der Waals surface area contributed by atoms with Gasteiger partial charge in [-0.25, -0.2) is 19.9 Å². The lowest BCUT2D eigenvalue weighted by atomic mass is 9.55. The highest BCUT2D eigenvalue weighted by Crippen LogP contribution is 2.56. The molecule has 3 heterocycles. The van der Waals surface area contributed by atoms with Gasteiger partial charge in [0, 0.05) is 37.5 Å². The van der Waals surface area contributed by atoms with E-state index in [-0.39, 0.29) is 24.0 Å². The first-order chi connectivity index (χ1) is 15.9. The number of amides is 1. The summed E-state index contributed by atoms with van der Waals surface area (Å²) in [4.78, 5) is 30.8. The van der Waals surface area contributed by atoms with Gasteiger partial charge in [-0.1, -0.05) is 12.2 Å². The van der Waals surface area contributed by atoms with Crippen molar-refractivity contribution in [1.29, 1.82) is 0 Å². The topological polar surface area (TPSA) is 148 Å². The van der Waals surface area contributed by atoms with Crippen LogP contribution in [0.4, 0.5) is 0 Å². The van der Waals surface area contributed by atoms with Gasteiger partial charge in [0.25, 0.3) is 0 Å². The normalized spacial score (nSPS) is 33.1. The van der Waals surface area contributed by atoms with Crippen molar-refractivity contribution < 1.29 is 14.6 Å². The highest BCUT2D eigenvalue weighted by molar-refractivity contribution is 5.89. The van der Waals surface area contributed by atoms with E-state index in [0.29, 0.717) is 35.6 Å². The molecule has 1 amide bonds. The molecule has 0 radical (unpaired) electrons. The standard InChI is InChI=1S/C23H29N7O3/c1-33-15-3-2-4-23(24,9-15)20(32)30-22(5-8-31)12-21(13-22)10-16(28-14-21)18-27-11-17-19(29-18)26-7-6-25-17/h2-4,6-7,11,16,28,31H,5,8-10,12-14,24H2,1H3,(H,30,32). The van der Waals surface area contributed by atoms with Crippen molar-refractivity contribution in [2.75, 3.05) is 20.3 Å². The predicted octanol–water partition coefficient (Wildman–Crippen LogP) is 0.660. The molecular formula is C23H29N7O3. The van der Waals surface area contributed by atoms with E-state index in [1.165, 1.54) is 0 Å². The van der Waals surface area contributed by atoms with E-state index in [1.54, 1.807) is 37.9 Å². The van der Waals surface area contributed by atoms with E-state index >= 15 is 0 Å². The number of aliphatic hydroxyl groups is 1. The Morgan fingerprint density at radius 2 is 2.15 bits per heavy atom. The van der Waals surface area contributed by atoms with Crippen LogP contribution >= 0.6 is 0 Å². The summed E-state index contributed by atoms with van der Waals surface area (Å²) < 4.78 is 5.29. The summed E-state index contributed by atoms with van der Waals surface area (Å²) in [6.45, 7) is 0.795. The minimum atomic E-state index is -1.16. The third-order valence-corrected chi connectivity index (χ3v) is 7.14. The number of fused-ring (bicyclic) bond motifs is 1. The number of aromatic nitrogens is 4. The maximum Gasteiger partial charge on any atom is 0.244 e. The van der Waals surface area contributed by atoms with E-state index < -0.39 is 11.1 Å². The number of hydrogen-bond donors (Lipinski definition) is 4. The monoisotopic (exact) mass is 451 g/mol. The lowest BCUT2D eigenvalue weighted by molar-refractivity contribution is -0.131. The zero-order chi connectivity index (χ0) is 23.1. The van der Waals surface area contributed by atoms with Crippen LogP contribution in [0.5, 0.6) is 0 Å². The summed E-state index contributed by atoms with van der Waals surface area (Å²) in [5.74, 6) is 1.12. The lowest BCUT2D eigenvalue weighted by Crippen LogP contribution is -2.67. The number of methoxy groups -OCH3 is 1. The van der Waals surface area contributed by atoms with Crippen molar-refractivity contribution in [1.82, 2.24) is 30.6 Å². The number of hydrogen-bond acceptors (Lipinski definition) is 9. The van der Waals surface area contributed by atoms with Crippen LogP contribution in [-0.4, -0.2) is 62.3 Å². The number of carbonyl (C=O) groups is 1. The lowest BCUT2D eigenvalue weighted by Gasteiger charge is -2.55. The molecule has 2 fully saturated rings. The summed E-state index contributed by atoms with van der Waals surface area (Å²) in [7, 11) is 1.57. The Labute approximate surface area is 191 Å². The quantitative estimate of drug-likeness (QED) is 0.497. The fourth-order valence-corrected chi connectivity index (χ4v) is 5.63. The second-order valence-corrected chi connectivity index (χ2v) is 9.61. The zero-order valence-corrected chi connectivity index (χ0v) is 18.6. The summed E-state index contributed by atoms with van der Waals surface area (Å²) in [6, 6.07) is 0.00996. The Morgan fingerprint density at radius 1 is 1.33 bits per heavy atom. The van der Waals surface area contributed by atoms with Crippen LogP contribution in [0.1, 0.15) is 44.0 Å². The Kier molecular flexibility index (Phi) is 5.38. The molecule has 33 heavy (non-hydrogen) atoms. The Balaban J connectivity index is 1.27. The van der Waals surface area contributed by atoms with Crippen LogP contribution in [0, 0.1) is 5.41 Å². The van der Waals surface area contributed by atoms with Gasteiger partial charge in [-0.2, -0.15) is 0 Å². The first-order valence-corrected chi connectivity index (χ1v) is 11.2. The zero-order valence-electron chi connectivity index (χ0n) is 18.6. The van der Waals surface area contributed by atoms with Gasteiger partial charge in [0.2, 0.25) is 5.91 Å². The largest absolute Gasteiger partial charge is 0.501 e. The van der Waals surface area contributed by atoms with Crippen molar-refractivity contribution in [3.63, 3.8) is 0 Å². The van der Waals surface area contributed by atoms with Crippen LogP contribution in [-0.2, 0) is 9.53 Å². The Bertz CT molecular complexity index is 1130. The first-order valence-electron chi connectivity index (χ1n) is 11.2. The van der Waals surface area contributed by atoms with Crippen LogP contribution in [0.2, 0.25) is 0 Å². The third-order valence-electron chi connectivity index (χ3n) is 7.14. The van der Waals surface area contributed by atoms with E-state index in [4.69, 9.17) is 10.5 Å². The molecule has 0 bridgehead atoms. The number of ether oxygens (including phenoxy) is 1. The van der Waals surface area contributed by atoms with Crippen LogP contribution in [0.3, 0.4) is 0 Å². The molecule has 5 rings (SSSR count). The molecule has 2 atom stereocenters. The molecule has 2 aromatic heterocycles. The first kappa shape index (κ1) is 21.9. The fraction of sp³-hybridized carbons (Fsp3) is 0.522. The van der Waals surface area contributed by atoms with Gasteiger partial charge in [0.05, 0.1) is 25.1 Å². The molecule has 0 aromatic carbocycles. The molecule has 10 nitrogen and oxygen atoms in total. The highest BCUT2D eigenvalue weighted by Gasteiger charge is 2.58. The number of allylic oxidation sites excluding steroid dienone is 2. The van der Waals surface area contributed by atoms with Crippen molar-refractivity contribution in [2.24, 2.45) is 11.1 Å². The van der Waals surface area contributed by atoms with Crippen molar-refractivity contribution in [2.45, 2.75) is 49.2 Å². The van der Waals surface area contributed by atoms with Gasteiger partial charge in [-0.15, -0.1) is 0 Å². The van der Waals surface area contributed by atoms with Gasteiger partial charge in [0.15, 0.2) is 5.65 Å². The minimum Gasteiger partial charge on any atom is -0.501 e. The second kappa shape index (κ2) is 8.12. The highest BCUT2D eigenvalue weighted by atomic mass is 16.5. The molecule has 3 aliphatic rings. The van der Waals surface area contributed by atoms with Gasteiger partial charge < -0.3 is 26.2 Å². The van der Waals surface area contributed by atoms with E-state index in [1.807, 2.05) is 6.08 Å². The molecular weight excluding hydrogens is 422 g/mol. The number of aliphatic hydroxyl groups excluding tert-OH is 1. The van der Waals surface area contributed by atoms with Gasteiger partial charge in [-0.05, 0) is 37.2 Å². The summed E-state index contributed by atoms with van der Waals surface area (Å²) >= 11 is 0. The molecule has 1 spiro atoms. The molecule has 2 aromatic rings. The van der Waals surface area contributed by atoms with Crippen LogP contribution < -0.4 is 16.4 Å². The minimum absolute atomic E-state index is 0.00366. The average Bonchev–Trinajstić information content (AvgIpc) is 3.23. The maximum atomic E-state index is 13.2. The van der Waals surface area contributed by atoms with E-state index in [2.05, 4.69) is 30.6 Å². The van der Waals surface area contributed by atoms with Gasteiger partial charge in [0.1, 0.15) is 16.9 Å². The third kappa shape index (κ3) is 3.98. The number of rotatable bonds is 6. The van der Waals surface area contributed by atoms with Crippen molar-refractivity contribution in [3.05, 3.63) is 48.4 Å². The van der Waals surface area contributed by atoms with Gasteiger partial charge >= 0.3 is 0 Å². The number of nitrogens with two attached hydrogens (primary N) is 1. The fourth-order valence-electron chi connectivity index (χ4n) is 5.63. The molecule has 2 aliphatic carbocycles. The maximum absolute atomic E-state index is 13.2. The molecule has 1 saturated heterocycles. The smallest absolute Gasteiger partial charge is 0.244 e. The average molecular weight is 452 g/mol.